The number of alkyl carbamates (subject to hydrolysis) is 1. The lowest BCUT2D eigenvalue weighted by atomic mass is 9.61. The highest BCUT2D eigenvalue weighted by molar-refractivity contribution is 5.67. The first-order valence-corrected chi connectivity index (χ1v) is 13.8. The van der Waals surface area contributed by atoms with Crippen LogP contribution in [0.2, 0.25) is 0 Å². The second-order valence-electron chi connectivity index (χ2n) is 11.6. The molecule has 4 saturated carbocycles. The van der Waals surface area contributed by atoms with Crippen LogP contribution in [0.3, 0.4) is 0 Å². The smallest absolute Gasteiger partial charge is 0.407 e. The maximum atomic E-state index is 12.0. The van der Waals surface area contributed by atoms with Gasteiger partial charge in [0.2, 0.25) is 0 Å². The van der Waals surface area contributed by atoms with Crippen molar-refractivity contribution in [1.82, 2.24) is 5.32 Å². The second kappa shape index (κ2) is 11.0. The van der Waals surface area contributed by atoms with Crippen molar-refractivity contribution in [2.75, 3.05) is 6.54 Å². The minimum Gasteiger partial charge on any atom is -0.442 e. The maximum absolute atomic E-state index is 12.0. The largest absolute Gasteiger partial charge is 0.442 e. The first kappa shape index (κ1) is 26.2. The third kappa shape index (κ3) is 5.94. The van der Waals surface area contributed by atoms with Crippen molar-refractivity contribution < 1.29 is 19.7 Å². The van der Waals surface area contributed by atoms with E-state index >= 15 is 0 Å². The fourth-order valence-corrected chi connectivity index (χ4v) is 7.05. The molecule has 0 aromatic rings. The summed E-state index contributed by atoms with van der Waals surface area (Å²) in [6.45, 7) is 11.4. The Labute approximate surface area is 211 Å². The summed E-state index contributed by atoms with van der Waals surface area (Å²) in [4.78, 5) is 12.0. The first-order chi connectivity index (χ1) is 16.7. The average molecular weight is 484 g/mol. The van der Waals surface area contributed by atoms with E-state index in [1.165, 1.54) is 31.3 Å². The van der Waals surface area contributed by atoms with Crippen LogP contribution in [0.5, 0.6) is 0 Å². The molecule has 35 heavy (non-hydrogen) atoms. The molecule has 1 amide bonds. The molecule has 4 fully saturated rings. The fraction of sp³-hybridized carbons (Fsp3) is 0.700. The standard InChI is InChI=1S/C30H45NO4/c1-5-31-29(34)35-28(22-10-11-22)15-8-19(2)25-13-14-26-21(7-6-16-30(25,26)4)9-12-23-17-24(32)18-27(33)20(23)3/h8-9,12,15,19,22,24-28,32-33H,3,5-7,10-11,13-14,16-18H2,1-2,4H3,(H,31,34)/b15-8+,21-9?,23-12?/t19-,24?,25-,26+,27+,28?,30-/m1/s1. The van der Waals surface area contributed by atoms with Crippen LogP contribution in [0.1, 0.15) is 78.6 Å². The third-order valence-electron chi connectivity index (χ3n) is 9.19. The number of aliphatic hydroxyl groups excluding tert-OH is 2. The maximum Gasteiger partial charge on any atom is 0.407 e. The summed E-state index contributed by atoms with van der Waals surface area (Å²) < 4.78 is 5.69. The van der Waals surface area contributed by atoms with Gasteiger partial charge >= 0.3 is 6.09 Å². The quantitative estimate of drug-likeness (QED) is 0.397. The number of nitrogens with one attached hydrogen (secondary N) is 1. The molecule has 7 atom stereocenters. The lowest BCUT2D eigenvalue weighted by Gasteiger charge is -2.44. The van der Waals surface area contributed by atoms with Gasteiger partial charge < -0.3 is 20.3 Å². The summed E-state index contributed by atoms with van der Waals surface area (Å²) >= 11 is 0. The van der Waals surface area contributed by atoms with Gasteiger partial charge in [0.1, 0.15) is 6.10 Å². The monoisotopic (exact) mass is 483 g/mol. The highest BCUT2D eigenvalue weighted by Crippen LogP contribution is 2.59. The Bertz CT molecular complexity index is 885. The molecular weight excluding hydrogens is 438 g/mol. The van der Waals surface area contributed by atoms with Crippen molar-refractivity contribution in [2.24, 2.45) is 29.1 Å². The van der Waals surface area contributed by atoms with Crippen molar-refractivity contribution in [3.05, 3.63) is 47.6 Å². The molecule has 5 heteroatoms. The van der Waals surface area contributed by atoms with Crippen molar-refractivity contribution in [1.29, 1.82) is 0 Å². The molecule has 4 aliphatic rings. The Balaban J connectivity index is 1.45. The van der Waals surface area contributed by atoms with Crippen LogP contribution in [0.15, 0.2) is 47.6 Å². The van der Waals surface area contributed by atoms with Crippen LogP contribution in [0.25, 0.3) is 0 Å². The molecule has 0 aromatic heterocycles. The zero-order valence-corrected chi connectivity index (χ0v) is 21.8. The lowest BCUT2D eigenvalue weighted by Crippen LogP contribution is -2.35. The number of aliphatic hydroxyl groups is 2. The van der Waals surface area contributed by atoms with Gasteiger partial charge in [-0.3, -0.25) is 0 Å². The van der Waals surface area contributed by atoms with E-state index in [2.05, 4.69) is 50.0 Å². The molecule has 0 aliphatic heterocycles. The predicted molar refractivity (Wildman–Crippen MR) is 140 cm³/mol. The van der Waals surface area contributed by atoms with Gasteiger partial charge in [0, 0.05) is 13.0 Å². The summed E-state index contributed by atoms with van der Waals surface area (Å²) in [5.41, 5.74) is 3.53. The molecule has 0 radical (unpaired) electrons. The van der Waals surface area contributed by atoms with Crippen LogP contribution in [0, 0.1) is 29.1 Å². The number of carbonyl (C=O) groups is 1. The zero-order chi connectivity index (χ0) is 25.2. The summed E-state index contributed by atoms with van der Waals surface area (Å²) in [6.07, 6.45) is 16.5. The molecular formula is C30H45NO4. The molecule has 4 rings (SSSR count). The first-order valence-electron chi connectivity index (χ1n) is 13.8. The van der Waals surface area contributed by atoms with Gasteiger partial charge in [0.25, 0.3) is 0 Å². The average Bonchev–Trinajstić information content (AvgIpc) is 3.59. The minimum absolute atomic E-state index is 0.114. The number of amides is 1. The topological polar surface area (TPSA) is 78.8 Å². The predicted octanol–water partition coefficient (Wildman–Crippen LogP) is 5.84. The van der Waals surface area contributed by atoms with Gasteiger partial charge in [0.15, 0.2) is 0 Å². The Morgan fingerprint density at radius 2 is 2.00 bits per heavy atom. The van der Waals surface area contributed by atoms with Crippen LogP contribution in [-0.4, -0.2) is 41.2 Å². The Kier molecular flexibility index (Phi) is 8.27. The Morgan fingerprint density at radius 3 is 2.71 bits per heavy atom. The van der Waals surface area contributed by atoms with Gasteiger partial charge in [-0.05, 0) is 105 Å². The molecule has 0 saturated heterocycles. The molecule has 3 N–H and O–H groups in total. The van der Waals surface area contributed by atoms with Gasteiger partial charge in [-0.15, -0.1) is 0 Å². The number of carbonyl (C=O) groups excluding carboxylic acids is 1. The number of fused-ring (bicyclic) bond motifs is 1. The molecule has 194 valence electrons. The van der Waals surface area contributed by atoms with E-state index in [1.54, 1.807) is 0 Å². The van der Waals surface area contributed by atoms with Gasteiger partial charge in [-0.2, -0.15) is 0 Å². The molecule has 5 nitrogen and oxygen atoms in total. The lowest BCUT2D eigenvalue weighted by molar-refractivity contribution is 0.0862. The normalized spacial score (nSPS) is 37.5. The van der Waals surface area contributed by atoms with E-state index in [0.717, 1.165) is 30.4 Å². The SMILES string of the molecule is C=C1C(=CC=C2CCC[C@]3(C)[C@@H]([C@H](C)/C=C/C(OC(=O)NCC)C4CC4)CC[C@@H]23)CC(O)C[C@@H]1O. The highest BCUT2D eigenvalue weighted by Gasteiger charge is 2.50. The number of hydrogen-bond donors (Lipinski definition) is 3. The van der Waals surface area contributed by atoms with Gasteiger partial charge in [0.05, 0.1) is 12.2 Å². The van der Waals surface area contributed by atoms with Crippen molar-refractivity contribution in [2.45, 2.75) is 96.9 Å². The number of ether oxygens (including phenoxy) is 1. The van der Waals surface area contributed by atoms with Crippen LogP contribution >= 0.6 is 0 Å². The molecule has 2 unspecified atom stereocenters. The number of rotatable bonds is 7. The fourth-order valence-electron chi connectivity index (χ4n) is 7.05. The minimum atomic E-state index is -0.639. The van der Waals surface area contributed by atoms with E-state index < -0.39 is 12.2 Å². The Morgan fingerprint density at radius 1 is 1.23 bits per heavy atom. The van der Waals surface area contributed by atoms with E-state index in [-0.39, 0.29) is 17.6 Å². The number of hydrogen-bond acceptors (Lipinski definition) is 4. The van der Waals surface area contributed by atoms with E-state index in [9.17, 15) is 15.0 Å². The zero-order valence-electron chi connectivity index (χ0n) is 21.8. The summed E-state index contributed by atoms with van der Waals surface area (Å²) in [7, 11) is 0. The summed E-state index contributed by atoms with van der Waals surface area (Å²) in [5, 5.41) is 23.0. The van der Waals surface area contributed by atoms with Crippen molar-refractivity contribution in [3.8, 4) is 0 Å². The summed E-state index contributed by atoms with van der Waals surface area (Å²) in [6, 6.07) is 0. The van der Waals surface area contributed by atoms with Crippen LogP contribution in [0.4, 0.5) is 4.79 Å². The highest BCUT2D eigenvalue weighted by atomic mass is 16.6. The molecule has 0 aromatic carbocycles. The molecule has 0 heterocycles. The van der Waals surface area contributed by atoms with E-state index in [0.29, 0.717) is 43.1 Å². The molecule has 4 aliphatic carbocycles. The van der Waals surface area contributed by atoms with Gasteiger partial charge in [-0.25, -0.2) is 4.79 Å². The van der Waals surface area contributed by atoms with Gasteiger partial charge in [-0.1, -0.05) is 44.2 Å². The van der Waals surface area contributed by atoms with Crippen molar-refractivity contribution >= 4 is 6.09 Å². The third-order valence-corrected chi connectivity index (χ3v) is 9.19. The molecule has 0 bridgehead atoms. The number of allylic oxidation sites excluding steroid dienone is 4. The van der Waals surface area contributed by atoms with E-state index in [4.69, 9.17) is 4.74 Å². The van der Waals surface area contributed by atoms with Crippen molar-refractivity contribution in [3.63, 3.8) is 0 Å². The van der Waals surface area contributed by atoms with E-state index in [1.807, 2.05) is 6.92 Å². The van der Waals surface area contributed by atoms with Crippen LogP contribution in [-0.2, 0) is 4.74 Å². The Hall–Kier alpha value is -1.85. The summed E-state index contributed by atoms with van der Waals surface area (Å²) in [5.74, 6) is 2.09. The van der Waals surface area contributed by atoms with Crippen LogP contribution < -0.4 is 5.32 Å². The molecule has 0 spiro atoms. The second-order valence-corrected chi connectivity index (χ2v) is 11.6.